The number of nitrogens with one attached hydrogen (secondary N) is 1. The lowest BCUT2D eigenvalue weighted by Crippen LogP contribution is -2.20. The summed E-state index contributed by atoms with van der Waals surface area (Å²) in [5, 5.41) is 3.68. The number of hydrogen-bond acceptors (Lipinski definition) is 4. The average Bonchev–Trinajstić information content (AvgIpc) is 3.14. The average molecular weight is 462 g/mol. The summed E-state index contributed by atoms with van der Waals surface area (Å²) in [5.74, 6) is -14.0. The fraction of sp³-hybridized carbons (Fsp3) is 0.0526. The largest absolute Gasteiger partial charge is 0.465 e. The summed E-state index contributed by atoms with van der Waals surface area (Å²) in [5.41, 5.74) is -1.03. The van der Waals surface area contributed by atoms with Gasteiger partial charge in [-0.05, 0) is 17.7 Å². The van der Waals surface area contributed by atoms with Crippen LogP contribution in [0.25, 0.3) is 11.1 Å². The van der Waals surface area contributed by atoms with E-state index in [1.807, 2.05) is 5.32 Å². The third-order valence-corrected chi connectivity index (χ3v) is 5.15. The number of benzene rings is 2. The van der Waals surface area contributed by atoms with Crippen LogP contribution in [0.1, 0.15) is 20.7 Å². The van der Waals surface area contributed by atoms with Crippen LogP contribution in [-0.4, -0.2) is 19.0 Å². The first-order valence-electron chi connectivity index (χ1n) is 7.95. The van der Waals surface area contributed by atoms with E-state index in [-0.39, 0.29) is 10.6 Å². The summed E-state index contributed by atoms with van der Waals surface area (Å²) < 4.78 is 72.5. The lowest BCUT2D eigenvalue weighted by molar-refractivity contribution is 0.0603. The molecule has 3 rings (SSSR count). The van der Waals surface area contributed by atoms with Gasteiger partial charge in [0.15, 0.2) is 23.3 Å². The Morgan fingerprint density at radius 3 is 1.97 bits per heavy atom. The molecule has 0 atom stereocenters. The van der Waals surface area contributed by atoms with Gasteiger partial charge in [-0.15, -0.1) is 11.3 Å². The number of rotatable bonds is 4. The predicted octanol–water partition coefficient (Wildman–Crippen LogP) is 5.80. The molecule has 0 fully saturated rings. The number of carbonyl (C=O) groups excluding carboxylic acids is 2. The first-order valence-corrected chi connectivity index (χ1v) is 9.21. The Bertz CT molecular complexity index is 1130. The highest BCUT2D eigenvalue weighted by atomic mass is 35.5. The summed E-state index contributed by atoms with van der Waals surface area (Å²) in [7, 11) is 1.07. The fourth-order valence-electron chi connectivity index (χ4n) is 2.57. The van der Waals surface area contributed by atoms with Crippen molar-refractivity contribution in [3.63, 3.8) is 0 Å². The van der Waals surface area contributed by atoms with Gasteiger partial charge in [0.1, 0.15) is 16.1 Å². The molecule has 0 saturated heterocycles. The fourth-order valence-corrected chi connectivity index (χ4v) is 3.64. The number of amides is 1. The normalized spacial score (nSPS) is 10.8. The van der Waals surface area contributed by atoms with E-state index >= 15 is 0 Å². The monoisotopic (exact) mass is 461 g/mol. The molecular weight excluding hydrogens is 453 g/mol. The third kappa shape index (κ3) is 3.75. The Kier molecular flexibility index (Phi) is 6.09. The minimum Gasteiger partial charge on any atom is -0.465 e. The van der Waals surface area contributed by atoms with Gasteiger partial charge in [0.2, 0.25) is 5.82 Å². The molecule has 0 aliphatic heterocycles. The van der Waals surface area contributed by atoms with Crippen molar-refractivity contribution in [3.05, 3.63) is 74.9 Å². The molecule has 0 unspecified atom stereocenters. The molecule has 0 aliphatic carbocycles. The van der Waals surface area contributed by atoms with Crippen LogP contribution in [-0.2, 0) is 4.74 Å². The van der Waals surface area contributed by atoms with Gasteiger partial charge in [0.05, 0.1) is 7.11 Å². The first kappa shape index (κ1) is 21.7. The van der Waals surface area contributed by atoms with Crippen LogP contribution in [0.15, 0.2) is 29.6 Å². The molecule has 4 nitrogen and oxygen atoms in total. The molecule has 2 aromatic carbocycles. The van der Waals surface area contributed by atoms with E-state index in [4.69, 9.17) is 11.6 Å². The van der Waals surface area contributed by atoms with Crippen LogP contribution in [0.5, 0.6) is 0 Å². The van der Waals surface area contributed by atoms with E-state index < -0.39 is 46.5 Å². The minimum absolute atomic E-state index is 0.165. The molecule has 30 heavy (non-hydrogen) atoms. The molecule has 1 amide bonds. The topological polar surface area (TPSA) is 55.4 Å². The Hall–Kier alpha value is -2.98. The highest BCUT2D eigenvalue weighted by molar-refractivity contribution is 7.15. The zero-order valence-electron chi connectivity index (χ0n) is 14.8. The third-order valence-electron chi connectivity index (χ3n) is 4.00. The molecule has 1 aromatic heterocycles. The molecular formula is C19H9ClF5NO3S. The number of ether oxygens (including phenoxy) is 1. The number of anilines is 1. The van der Waals surface area contributed by atoms with Crippen molar-refractivity contribution in [2.75, 3.05) is 12.4 Å². The Balaban J connectivity index is 2.07. The smallest absolute Gasteiger partial charge is 0.341 e. The second-order valence-electron chi connectivity index (χ2n) is 5.75. The van der Waals surface area contributed by atoms with Gasteiger partial charge >= 0.3 is 5.97 Å². The van der Waals surface area contributed by atoms with E-state index in [0.29, 0.717) is 16.1 Å². The van der Waals surface area contributed by atoms with E-state index in [1.54, 1.807) is 24.3 Å². The molecule has 0 aliphatic rings. The Morgan fingerprint density at radius 1 is 0.900 bits per heavy atom. The van der Waals surface area contributed by atoms with Crippen molar-refractivity contribution in [2.45, 2.75) is 0 Å². The van der Waals surface area contributed by atoms with Crippen molar-refractivity contribution < 1.29 is 36.3 Å². The molecule has 0 bridgehead atoms. The number of thiophene rings is 1. The van der Waals surface area contributed by atoms with Crippen molar-refractivity contribution in [2.24, 2.45) is 0 Å². The van der Waals surface area contributed by atoms with Gasteiger partial charge in [0.25, 0.3) is 5.91 Å². The van der Waals surface area contributed by atoms with Crippen LogP contribution < -0.4 is 5.32 Å². The van der Waals surface area contributed by atoms with E-state index in [0.717, 1.165) is 18.4 Å². The molecule has 1 heterocycles. The van der Waals surface area contributed by atoms with Crippen molar-refractivity contribution >= 4 is 39.8 Å². The number of halogens is 6. The van der Waals surface area contributed by atoms with Gasteiger partial charge in [-0.3, -0.25) is 4.79 Å². The number of methoxy groups -OCH3 is 1. The van der Waals surface area contributed by atoms with Crippen molar-refractivity contribution in [1.82, 2.24) is 0 Å². The second kappa shape index (κ2) is 8.41. The quantitative estimate of drug-likeness (QED) is 0.231. The van der Waals surface area contributed by atoms with Gasteiger partial charge in [-0.25, -0.2) is 26.7 Å². The number of hydrogen-bond donors (Lipinski definition) is 1. The number of esters is 1. The van der Waals surface area contributed by atoms with Crippen molar-refractivity contribution in [3.8, 4) is 11.1 Å². The lowest BCUT2D eigenvalue weighted by Gasteiger charge is -2.10. The maximum Gasteiger partial charge on any atom is 0.341 e. The highest BCUT2D eigenvalue weighted by Crippen LogP contribution is 2.37. The molecule has 11 heteroatoms. The maximum absolute atomic E-state index is 13.9. The van der Waals surface area contributed by atoms with Crippen LogP contribution in [0, 0.1) is 29.1 Å². The summed E-state index contributed by atoms with van der Waals surface area (Å²) in [6.07, 6.45) is 0. The summed E-state index contributed by atoms with van der Waals surface area (Å²) in [4.78, 5) is 24.6. The van der Waals surface area contributed by atoms with Gasteiger partial charge < -0.3 is 10.1 Å². The zero-order chi connectivity index (χ0) is 22.2. The molecule has 1 N–H and O–H groups in total. The van der Waals surface area contributed by atoms with E-state index in [1.165, 1.54) is 5.38 Å². The summed E-state index contributed by atoms with van der Waals surface area (Å²) >= 11 is 6.62. The number of carbonyl (C=O) groups is 2. The highest BCUT2D eigenvalue weighted by Gasteiger charge is 2.31. The molecule has 3 aromatic rings. The predicted molar refractivity (Wildman–Crippen MR) is 100 cm³/mol. The SMILES string of the molecule is COC(=O)c1c(-c2ccc(Cl)cc2)csc1NC(=O)c1c(F)c(F)c(F)c(F)c1F. The van der Waals surface area contributed by atoms with Crippen LogP contribution in [0.4, 0.5) is 27.0 Å². The summed E-state index contributed by atoms with van der Waals surface area (Å²) in [6.45, 7) is 0. The van der Waals surface area contributed by atoms with Gasteiger partial charge in [0, 0.05) is 16.0 Å². The maximum atomic E-state index is 13.9. The Labute approximate surface area is 174 Å². The van der Waals surface area contributed by atoms with E-state index in [9.17, 15) is 31.5 Å². The van der Waals surface area contributed by atoms with Crippen LogP contribution >= 0.6 is 22.9 Å². The van der Waals surface area contributed by atoms with Gasteiger partial charge in [-0.2, -0.15) is 0 Å². The molecule has 0 spiro atoms. The lowest BCUT2D eigenvalue weighted by atomic mass is 10.0. The van der Waals surface area contributed by atoms with Crippen molar-refractivity contribution in [1.29, 1.82) is 0 Å². The molecule has 0 saturated carbocycles. The van der Waals surface area contributed by atoms with Crippen LogP contribution in [0.3, 0.4) is 0 Å². The Morgan fingerprint density at radius 2 is 1.43 bits per heavy atom. The minimum atomic E-state index is -2.39. The van der Waals surface area contributed by atoms with Gasteiger partial charge in [-0.1, -0.05) is 23.7 Å². The molecule has 0 radical (unpaired) electrons. The zero-order valence-corrected chi connectivity index (χ0v) is 16.4. The first-order chi connectivity index (χ1) is 14.2. The summed E-state index contributed by atoms with van der Waals surface area (Å²) in [6, 6.07) is 6.24. The van der Waals surface area contributed by atoms with E-state index in [2.05, 4.69) is 4.74 Å². The second-order valence-corrected chi connectivity index (χ2v) is 7.07. The standard InChI is InChI=1S/C19H9ClF5NO3S/c1-29-19(28)10-9(7-2-4-8(20)5-3-7)6-30-18(10)26-17(27)11-12(21)14(23)16(25)15(24)13(11)22/h2-6H,1H3,(H,26,27). The molecule has 156 valence electrons. The van der Waals surface area contributed by atoms with Crippen LogP contribution in [0.2, 0.25) is 5.02 Å².